The summed E-state index contributed by atoms with van der Waals surface area (Å²) in [6.07, 6.45) is 2.05. The van der Waals surface area contributed by atoms with Gasteiger partial charge in [-0.25, -0.2) is 0 Å². The molecule has 0 spiro atoms. The molecular formula is C15H21N3. The molecule has 0 radical (unpaired) electrons. The molecule has 2 rings (SSSR count). The van der Waals surface area contributed by atoms with E-state index < -0.39 is 0 Å². The van der Waals surface area contributed by atoms with Crippen LogP contribution < -0.4 is 5.32 Å². The lowest BCUT2D eigenvalue weighted by atomic mass is 10.0. The van der Waals surface area contributed by atoms with Gasteiger partial charge in [-0.15, -0.1) is 0 Å². The topological polar surface area (TPSA) is 29.9 Å². The molecule has 96 valence electrons. The van der Waals surface area contributed by atoms with Crippen LogP contribution in [0.3, 0.4) is 0 Å². The van der Waals surface area contributed by atoms with E-state index in [1.54, 1.807) is 0 Å². The first-order chi connectivity index (χ1) is 8.69. The fraction of sp³-hybridized carbons (Fsp3) is 0.400. The van der Waals surface area contributed by atoms with Gasteiger partial charge in [-0.3, -0.25) is 4.68 Å². The summed E-state index contributed by atoms with van der Waals surface area (Å²) in [7, 11) is 4.04. The van der Waals surface area contributed by atoms with Crippen LogP contribution in [0.4, 0.5) is 0 Å². The van der Waals surface area contributed by atoms with Gasteiger partial charge in [0.25, 0.3) is 0 Å². The molecule has 0 saturated heterocycles. The van der Waals surface area contributed by atoms with Gasteiger partial charge in [0.1, 0.15) is 0 Å². The van der Waals surface area contributed by atoms with E-state index in [0.717, 1.165) is 18.5 Å². The molecule has 0 amide bonds. The monoisotopic (exact) mass is 243 g/mol. The molecule has 18 heavy (non-hydrogen) atoms. The van der Waals surface area contributed by atoms with Gasteiger partial charge in [0, 0.05) is 25.2 Å². The van der Waals surface area contributed by atoms with Gasteiger partial charge in [-0.1, -0.05) is 30.3 Å². The highest BCUT2D eigenvalue weighted by molar-refractivity contribution is 5.17. The second-order valence-corrected chi connectivity index (χ2v) is 4.78. The van der Waals surface area contributed by atoms with Crippen LogP contribution in [-0.4, -0.2) is 22.9 Å². The molecule has 0 aliphatic heterocycles. The molecule has 0 aliphatic carbocycles. The number of aromatic nitrogens is 2. The Morgan fingerprint density at radius 3 is 2.50 bits per heavy atom. The fourth-order valence-electron chi connectivity index (χ4n) is 2.28. The van der Waals surface area contributed by atoms with Crippen LogP contribution in [0.2, 0.25) is 0 Å². The van der Waals surface area contributed by atoms with Crippen molar-refractivity contribution in [1.29, 1.82) is 0 Å². The predicted molar refractivity (Wildman–Crippen MR) is 74.6 cm³/mol. The van der Waals surface area contributed by atoms with Gasteiger partial charge in [0.15, 0.2) is 0 Å². The summed E-state index contributed by atoms with van der Waals surface area (Å²) in [5.74, 6) is 0. The van der Waals surface area contributed by atoms with Crippen molar-refractivity contribution in [2.75, 3.05) is 7.05 Å². The number of aryl methyl sites for hydroxylation is 2. The van der Waals surface area contributed by atoms with E-state index >= 15 is 0 Å². The molecular weight excluding hydrogens is 222 g/mol. The fourth-order valence-corrected chi connectivity index (χ4v) is 2.28. The molecule has 0 aliphatic rings. The van der Waals surface area contributed by atoms with Crippen molar-refractivity contribution < 1.29 is 0 Å². The standard InChI is InChI=1S/C15H21N3/c1-12-9-15(18(3)17-12)11-14(16-2)10-13-7-5-4-6-8-13/h4-9,14,16H,10-11H2,1-3H3. The third-order valence-corrected chi connectivity index (χ3v) is 3.29. The maximum absolute atomic E-state index is 4.39. The Balaban J connectivity index is 2.04. The first-order valence-electron chi connectivity index (χ1n) is 6.39. The molecule has 1 aromatic carbocycles. The van der Waals surface area contributed by atoms with Crippen LogP contribution in [0.25, 0.3) is 0 Å². The zero-order chi connectivity index (χ0) is 13.0. The summed E-state index contributed by atoms with van der Waals surface area (Å²) in [4.78, 5) is 0. The van der Waals surface area contributed by atoms with Crippen molar-refractivity contribution >= 4 is 0 Å². The molecule has 0 bridgehead atoms. The molecule has 1 heterocycles. The van der Waals surface area contributed by atoms with Crippen LogP contribution in [0.5, 0.6) is 0 Å². The second-order valence-electron chi connectivity index (χ2n) is 4.78. The Morgan fingerprint density at radius 2 is 1.94 bits per heavy atom. The zero-order valence-electron chi connectivity index (χ0n) is 11.4. The molecule has 3 heteroatoms. The summed E-state index contributed by atoms with van der Waals surface area (Å²) in [6, 6.07) is 13.2. The predicted octanol–water partition coefficient (Wildman–Crippen LogP) is 2.10. The Morgan fingerprint density at radius 1 is 1.22 bits per heavy atom. The molecule has 0 saturated carbocycles. The smallest absolute Gasteiger partial charge is 0.0596 e. The van der Waals surface area contributed by atoms with E-state index in [1.807, 2.05) is 25.7 Å². The number of benzene rings is 1. The third kappa shape index (κ3) is 3.20. The van der Waals surface area contributed by atoms with Gasteiger partial charge in [-0.05, 0) is 32.0 Å². The highest BCUT2D eigenvalue weighted by Gasteiger charge is 2.11. The molecule has 1 unspecified atom stereocenters. The highest BCUT2D eigenvalue weighted by atomic mass is 15.3. The van der Waals surface area contributed by atoms with Crippen molar-refractivity contribution in [2.24, 2.45) is 7.05 Å². The number of nitrogens with one attached hydrogen (secondary N) is 1. The summed E-state index contributed by atoms with van der Waals surface area (Å²) in [6.45, 7) is 2.04. The van der Waals surface area contributed by atoms with Crippen molar-refractivity contribution in [3.05, 3.63) is 53.3 Å². The number of rotatable bonds is 5. The maximum Gasteiger partial charge on any atom is 0.0596 e. The van der Waals surface area contributed by atoms with Crippen LogP contribution in [0, 0.1) is 6.92 Å². The van der Waals surface area contributed by atoms with Crippen LogP contribution in [0.15, 0.2) is 36.4 Å². The lowest BCUT2D eigenvalue weighted by Crippen LogP contribution is -2.30. The number of hydrogen-bond acceptors (Lipinski definition) is 2. The third-order valence-electron chi connectivity index (χ3n) is 3.29. The van der Waals surface area contributed by atoms with E-state index in [4.69, 9.17) is 0 Å². The minimum Gasteiger partial charge on any atom is -0.316 e. The van der Waals surface area contributed by atoms with Crippen LogP contribution in [0.1, 0.15) is 17.0 Å². The SMILES string of the molecule is CNC(Cc1ccccc1)Cc1cc(C)nn1C. The summed E-state index contributed by atoms with van der Waals surface area (Å²) >= 11 is 0. The average molecular weight is 243 g/mol. The molecule has 1 aromatic heterocycles. The minimum atomic E-state index is 0.446. The van der Waals surface area contributed by atoms with E-state index in [9.17, 15) is 0 Å². The van der Waals surface area contributed by atoms with Crippen molar-refractivity contribution in [2.45, 2.75) is 25.8 Å². The van der Waals surface area contributed by atoms with Gasteiger partial charge >= 0.3 is 0 Å². The normalized spacial score (nSPS) is 12.6. The van der Waals surface area contributed by atoms with E-state index in [-0.39, 0.29) is 0 Å². The van der Waals surface area contributed by atoms with Crippen molar-refractivity contribution in [3.63, 3.8) is 0 Å². The lowest BCUT2D eigenvalue weighted by Gasteiger charge is -2.16. The van der Waals surface area contributed by atoms with Crippen molar-refractivity contribution in [1.82, 2.24) is 15.1 Å². The first kappa shape index (κ1) is 12.8. The average Bonchev–Trinajstić information content (AvgIpc) is 2.68. The Hall–Kier alpha value is -1.61. The Kier molecular flexibility index (Phi) is 4.15. The number of hydrogen-bond donors (Lipinski definition) is 1. The number of likely N-dealkylation sites (N-methyl/N-ethyl adjacent to an activating group) is 1. The zero-order valence-corrected chi connectivity index (χ0v) is 11.4. The molecule has 3 nitrogen and oxygen atoms in total. The summed E-state index contributed by atoms with van der Waals surface area (Å²) in [5.41, 5.74) is 3.74. The van der Waals surface area contributed by atoms with E-state index in [2.05, 4.69) is 46.8 Å². The lowest BCUT2D eigenvalue weighted by molar-refractivity contribution is 0.533. The van der Waals surface area contributed by atoms with Gasteiger partial charge in [0.05, 0.1) is 5.69 Å². The quantitative estimate of drug-likeness (QED) is 0.871. The maximum atomic E-state index is 4.39. The Bertz CT molecular complexity index is 488. The van der Waals surface area contributed by atoms with E-state index in [1.165, 1.54) is 11.3 Å². The van der Waals surface area contributed by atoms with Gasteiger partial charge < -0.3 is 5.32 Å². The Labute approximate surface area is 109 Å². The molecule has 0 fully saturated rings. The van der Waals surface area contributed by atoms with Crippen molar-refractivity contribution in [3.8, 4) is 0 Å². The number of nitrogens with zero attached hydrogens (tertiary/aromatic N) is 2. The highest BCUT2D eigenvalue weighted by Crippen LogP contribution is 2.09. The van der Waals surface area contributed by atoms with Crippen LogP contribution >= 0.6 is 0 Å². The second kappa shape index (κ2) is 5.83. The summed E-state index contributed by atoms with van der Waals surface area (Å²) in [5, 5.41) is 7.79. The summed E-state index contributed by atoms with van der Waals surface area (Å²) < 4.78 is 1.98. The van der Waals surface area contributed by atoms with E-state index in [0.29, 0.717) is 6.04 Å². The first-order valence-corrected chi connectivity index (χ1v) is 6.39. The molecule has 1 atom stereocenters. The molecule has 2 aromatic rings. The molecule has 1 N–H and O–H groups in total. The van der Waals surface area contributed by atoms with Gasteiger partial charge in [-0.2, -0.15) is 5.10 Å². The largest absolute Gasteiger partial charge is 0.316 e. The van der Waals surface area contributed by atoms with Gasteiger partial charge in [0.2, 0.25) is 0 Å². The van der Waals surface area contributed by atoms with Crippen LogP contribution in [-0.2, 0) is 19.9 Å². The minimum absolute atomic E-state index is 0.446.